The van der Waals surface area contributed by atoms with Crippen molar-refractivity contribution in [3.63, 3.8) is 0 Å². The van der Waals surface area contributed by atoms with Gasteiger partial charge in [0.2, 0.25) is 0 Å². The first-order valence-corrected chi connectivity index (χ1v) is 4.67. The third kappa shape index (κ3) is 2.21. The van der Waals surface area contributed by atoms with Gasteiger partial charge in [-0.05, 0) is 0 Å². The molecule has 2 N–H and O–H groups in total. The molecule has 0 saturated carbocycles. The van der Waals surface area contributed by atoms with Gasteiger partial charge < -0.3 is 10.0 Å². The van der Waals surface area contributed by atoms with E-state index >= 15 is 0 Å². The van der Waals surface area contributed by atoms with Gasteiger partial charge in [0, 0.05) is 20.6 Å². The summed E-state index contributed by atoms with van der Waals surface area (Å²) in [6.45, 7) is 0.199. The van der Waals surface area contributed by atoms with Crippen LogP contribution in [0.1, 0.15) is 0 Å². The molecule has 0 spiro atoms. The molecule has 0 bridgehead atoms. The minimum absolute atomic E-state index is 0.0620. The van der Waals surface area contributed by atoms with Gasteiger partial charge in [0.05, 0.1) is 6.61 Å². The number of aliphatic hydroxyl groups excluding tert-OH is 1. The normalized spacial score (nSPS) is 10.4. The molecule has 0 amide bonds. The summed E-state index contributed by atoms with van der Waals surface area (Å²) in [7, 11) is 3.13. The fourth-order valence-corrected chi connectivity index (χ4v) is 1.58. The Hall–Kier alpha value is -1.27. The molecule has 0 aliphatic heterocycles. The Morgan fingerprint density at radius 3 is 2.67 bits per heavy atom. The molecule has 0 saturated heterocycles. The van der Waals surface area contributed by atoms with E-state index in [2.05, 4.69) is 4.98 Å². The monoisotopic (exact) mass is 233 g/mol. The van der Waals surface area contributed by atoms with Crippen molar-refractivity contribution in [2.45, 2.75) is 0 Å². The lowest BCUT2D eigenvalue weighted by Crippen LogP contribution is -2.35. The van der Waals surface area contributed by atoms with Crippen molar-refractivity contribution < 1.29 is 5.11 Å². The molecular formula is C8H12ClN3O3. The fraction of sp³-hybridized carbons (Fsp3) is 0.500. The maximum Gasteiger partial charge on any atom is 0.329 e. The summed E-state index contributed by atoms with van der Waals surface area (Å²) in [5.74, 6) is 0.291. The van der Waals surface area contributed by atoms with Gasteiger partial charge in [0.15, 0.2) is 0 Å². The average Bonchev–Trinajstić information content (AvgIpc) is 2.16. The molecule has 1 aromatic heterocycles. The van der Waals surface area contributed by atoms with E-state index in [4.69, 9.17) is 16.7 Å². The van der Waals surface area contributed by atoms with Crippen molar-refractivity contribution in [2.75, 3.05) is 25.1 Å². The van der Waals surface area contributed by atoms with Crippen LogP contribution in [-0.2, 0) is 7.05 Å². The van der Waals surface area contributed by atoms with Crippen LogP contribution in [0, 0.1) is 0 Å². The lowest BCUT2D eigenvalue weighted by molar-refractivity contribution is 0.303. The van der Waals surface area contributed by atoms with Crippen LogP contribution in [-0.4, -0.2) is 34.9 Å². The lowest BCUT2D eigenvalue weighted by Gasteiger charge is -2.21. The zero-order valence-electron chi connectivity index (χ0n) is 8.45. The molecule has 0 aliphatic carbocycles. The topological polar surface area (TPSA) is 78.3 Å². The molecule has 7 heteroatoms. The molecule has 6 nitrogen and oxygen atoms in total. The van der Waals surface area contributed by atoms with Crippen LogP contribution >= 0.6 is 11.6 Å². The molecule has 15 heavy (non-hydrogen) atoms. The molecule has 1 aromatic rings. The molecule has 1 heterocycles. The minimum atomic E-state index is -0.625. The molecule has 0 fully saturated rings. The van der Waals surface area contributed by atoms with Crippen LogP contribution in [0.15, 0.2) is 9.59 Å². The number of aliphatic hydroxyl groups is 1. The van der Waals surface area contributed by atoms with Crippen LogP contribution in [0.3, 0.4) is 0 Å². The van der Waals surface area contributed by atoms with Gasteiger partial charge in [-0.25, -0.2) is 4.79 Å². The van der Waals surface area contributed by atoms with Gasteiger partial charge in [-0.15, -0.1) is 0 Å². The molecular weight excluding hydrogens is 222 g/mol. The van der Waals surface area contributed by atoms with Crippen molar-refractivity contribution in [3.05, 3.63) is 25.9 Å². The molecule has 0 radical (unpaired) electrons. The van der Waals surface area contributed by atoms with E-state index in [0.29, 0.717) is 5.82 Å². The zero-order valence-corrected chi connectivity index (χ0v) is 9.21. The van der Waals surface area contributed by atoms with Crippen molar-refractivity contribution >= 4 is 17.4 Å². The summed E-state index contributed by atoms with van der Waals surface area (Å²) in [5, 5.41) is 8.70. The molecule has 0 atom stereocenters. The summed E-state index contributed by atoms with van der Waals surface area (Å²) < 4.78 is 1.22. The lowest BCUT2D eigenvalue weighted by atomic mass is 10.4. The van der Waals surface area contributed by atoms with Gasteiger partial charge in [-0.2, -0.15) is 0 Å². The quantitative estimate of drug-likeness (QED) is 0.713. The number of rotatable bonds is 3. The highest BCUT2D eigenvalue weighted by Gasteiger charge is 2.14. The zero-order chi connectivity index (χ0) is 11.6. The number of halogens is 1. The largest absolute Gasteiger partial charge is 0.395 e. The van der Waals surface area contributed by atoms with E-state index in [9.17, 15) is 9.59 Å². The van der Waals surface area contributed by atoms with Crippen molar-refractivity contribution in [1.29, 1.82) is 0 Å². The third-order valence-corrected chi connectivity index (χ3v) is 2.38. The van der Waals surface area contributed by atoms with E-state index in [1.807, 2.05) is 0 Å². The van der Waals surface area contributed by atoms with Gasteiger partial charge >= 0.3 is 5.69 Å². The number of nitrogens with one attached hydrogen (secondary N) is 1. The summed E-state index contributed by atoms with van der Waals surface area (Å²) in [6.07, 6.45) is 0. The van der Waals surface area contributed by atoms with Crippen LogP contribution in [0.4, 0.5) is 5.82 Å². The number of anilines is 1. The summed E-state index contributed by atoms with van der Waals surface area (Å²) in [6, 6.07) is 0. The van der Waals surface area contributed by atoms with E-state index < -0.39 is 11.2 Å². The van der Waals surface area contributed by atoms with E-state index in [1.165, 1.54) is 11.6 Å². The Morgan fingerprint density at radius 1 is 1.53 bits per heavy atom. The maximum absolute atomic E-state index is 11.3. The van der Waals surface area contributed by atoms with Gasteiger partial charge in [0.25, 0.3) is 5.56 Å². The summed E-state index contributed by atoms with van der Waals surface area (Å²) in [5.41, 5.74) is -1.16. The van der Waals surface area contributed by atoms with Crippen molar-refractivity contribution in [3.8, 4) is 0 Å². The third-order valence-electron chi connectivity index (χ3n) is 2.04. The Balaban J connectivity index is 3.39. The second kappa shape index (κ2) is 4.50. The van der Waals surface area contributed by atoms with E-state index in [1.54, 1.807) is 11.9 Å². The predicted molar refractivity (Wildman–Crippen MR) is 57.7 cm³/mol. The second-order valence-electron chi connectivity index (χ2n) is 3.10. The Morgan fingerprint density at radius 2 is 2.13 bits per heavy atom. The molecule has 1 rings (SSSR count). The van der Waals surface area contributed by atoms with Gasteiger partial charge in [-0.1, -0.05) is 11.6 Å². The Labute approximate surface area is 90.7 Å². The number of hydrogen-bond donors (Lipinski definition) is 2. The highest BCUT2D eigenvalue weighted by atomic mass is 35.5. The number of hydrogen-bond acceptors (Lipinski definition) is 4. The van der Waals surface area contributed by atoms with Crippen molar-refractivity contribution in [2.24, 2.45) is 7.05 Å². The highest BCUT2D eigenvalue weighted by molar-refractivity contribution is 6.32. The number of likely N-dealkylation sites (N-methyl/N-ethyl adjacent to an activating group) is 1. The number of nitrogens with zero attached hydrogens (tertiary/aromatic N) is 2. The molecule has 0 unspecified atom stereocenters. The molecule has 0 aromatic carbocycles. The predicted octanol–water partition coefficient (Wildman–Crippen LogP) is -0.845. The highest BCUT2D eigenvalue weighted by Crippen LogP contribution is 2.17. The van der Waals surface area contributed by atoms with E-state index in [0.717, 1.165) is 0 Å². The Kier molecular flexibility index (Phi) is 3.54. The number of H-pyrrole nitrogens is 1. The van der Waals surface area contributed by atoms with Crippen LogP contribution in [0.5, 0.6) is 0 Å². The van der Waals surface area contributed by atoms with E-state index in [-0.39, 0.29) is 18.2 Å². The van der Waals surface area contributed by atoms with Crippen LogP contribution in [0.25, 0.3) is 0 Å². The molecule has 0 aliphatic rings. The van der Waals surface area contributed by atoms with Gasteiger partial charge in [0.1, 0.15) is 10.8 Å². The standard InChI is InChI=1S/C8H12ClN3O3/c1-11(3-4-13)7-5(9)6(14)10-8(15)12(7)2/h13H,3-4H2,1-2H3,(H,10,14,15). The number of aromatic amines is 1. The Bertz CT molecular complexity index is 431. The first kappa shape index (κ1) is 11.8. The fourth-order valence-electron chi connectivity index (χ4n) is 1.26. The minimum Gasteiger partial charge on any atom is -0.395 e. The summed E-state index contributed by atoms with van der Waals surface area (Å²) >= 11 is 5.77. The maximum atomic E-state index is 11.3. The first-order valence-electron chi connectivity index (χ1n) is 4.29. The second-order valence-corrected chi connectivity index (χ2v) is 3.48. The van der Waals surface area contributed by atoms with Crippen molar-refractivity contribution in [1.82, 2.24) is 9.55 Å². The molecule has 84 valence electrons. The van der Waals surface area contributed by atoms with Crippen LogP contribution in [0.2, 0.25) is 5.02 Å². The van der Waals surface area contributed by atoms with Gasteiger partial charge in [-0.3, -0.25) is 14.3 Å². The number of aromatic nitrogens is 2. The van der Waals surface area contributed by atoms with Crippen LogP contribution < -0.4 is 16.1 Å². The summed E-state index contributed by atoms with van der Waals surface area (Å²) in [4.78, 5) is 26.1. The smallest absolute Gasteiger partial charge is 0.329 e. The first-order chi connectivity index (χ1) is 6.99. The SMILES string of the molecule is CN(CCO)c1c(Cl)c(=O)[nH]c(=O)n1C. The average molecular weight is 234 g/mol.